The van der Waals surface area contributed by atoms with Gasteiger partial charge in [0.2, 0.25) is 0 Å². The Morgan fingerprint density at radius 3 is 2.50 bits per heavy atom. The Bertz CT molecular complexity index is 702. The molecule has 1 fully saturated rings. The fraction of sp³-hybridized carbons (Fsp3) is 0.381. The van der Waals surface area contributed by atoms with E-state index in [1.54, 1.807) is 0 Å². The third kappa shape index (κ3) is 4.56. The number of carbonyl (C=O) groups excluding carboxylic acids is 1. The molecule has 0 amide bonds. The van der Waals surface area contributed by atoms with E-state index in [2.05, 4.69) is 40.2 Å². The molecule has 3 N–H and O–H groups in total. The minimum Gasteiger partial charge on any atom is -0.318 e. The number of likely N-dealkylation sites (N-methyl/N-ethyl adjacent to an activating group) is 2. The molecule has 0 aliphatic carbocycles. The van der Waals surface area contributed by atoms with Gasteiger partial charge in [0.05, 0.1) is 6.04 Å². The van der Waals surface area contributed by atoms with Gasteiger partial charge in [0.25, 0.3) is 0 Å². The van der Waals surface area contributed by atoms with Crippen molar-refractivity contribution in [1.29, 1.82) is 0 Å². The minimum absolute atomic E-state index is 0.0676. The van der Waals surface area contributed by atoms with Gasteiger partial charge in [0, 0.05) is 43.2 Å². The molecule has 0 radical (unpaired) electrons. The summed E-state index contributed by atoms with van der Waals surface area (Å²) in [5.74, 6) is 0.561. The lowest BCUT2D eigenvalue weighted by molar-refractivity contribution is 0.103. The number of hydrogen-bond acceptors (Lipinski definition) is 5. The smallest absolute Gasteiger partial charge is 0.193 e. The number of hydrogen-bond donors (Lipinski definition) is 3. The van der Waals surface area contributed by atoms with Crippen molar-refractivity contribution in [2.75, 3.05) is 40.3 Å². The molecule has 138 valence electrons. The summed E-state index contributed by atoms with van der Waals surface area (Å²) < 4.78 is 0. The Labute approximate surface area is 155 Å². The van der Waals surface area contributed by atoms with E-state index >= 15 is 0 Å². The van der Waals surface area contributed by atoms with Crippen molar-refractivity contribution in [2.24, 2.45) is 5.92 Å². The minimum atomic E-state index is 0.0676. The van der Waals surface area contributed by atoms with Gasteiger partial charge in [-0.3, -0.25) is 10.2 Å². The molecule has 2 unspecified atom stereocenters. The lowest BCUT2D eigenvalue weighted by Gasteiger charge is -2.24. The van der Waals surface area contributed by atoms with Crippen molar-refractivity contribution in [3.05, 3.63) is 71.3 Å². The second kappa shape index (κ2) is 9.05. The summed E-state index contributed by atoms with van der Waals surface area (Å²) in [7, 11) is 4.14. The first kappa shape index (κ1) is 18.7. The fourth-order valence-corrected chi connectivity index (χ4v) is 3.45. The SMILES string of the molecule is CNCCN(C)CC1CNNC1c1ccc(C(=O)c2ccccc2)cc1. The number of hydrazine groups is 1. The lowest BCUT2D eigenvalue weighted by Crippen LogP contribution is -2.34. The second-order valence-electron chi connectivity index (χ2n) is 6.95. The van der Waals surface area contributed by atoms with Crippen molar-refractivity contribution in [3.63, 3.8) is 0 Å². The number of nitrogens with one attached hydrogen (secondary N) is 3. The van der Waals surface area contributed by atoms with Gasteiger partial charge in [0.1, 0.15) is 0 Å². The summed E-state index contributed by atoms with van der Waals surface area (Å²) in [5, 5.41) is 3.19. The number of carbonyl (C=O) groups is 1. The standard InChI is InChI=1S/C21H28N4O/c1-22-12-13-25(2)15-19-14-23-24-20(19)16-8-10-18(11-9-16)21(26)17-6-4-3-5-7-17/h3-11,19-20,22-24H,12-15H2,1-2H3. The maximum Gasteiger partial charge on any atom is 0.193 e. The zero-order valence-electron chi connectivity index (χ0n) is 15.5. The highest BCUT2D eigenvalue weighted by atomic mass is 16.1. The molecule has 2 atom stereocenters. The van der Waals surface area contributed by atoms with Crippen molar-refractivity contribution in [2.45, 2.75) is 6.04 Å². The lowest BCUT2D eigenvalue weighted by atomic mass is 9.93. The molecule has 1 saturated heterocycles. The van der Waals surface area contributed by atoms with Crippen LogP contribution in [0.5, 0.6) is 0 Å². The van der Waals surface area contributed by atoms with Crippen LogP contribution in [0, 0.1) is 5.92 Å². The van der Waals surface area contributed by atoms with E-state index in [4.69, 9.17) is 0 Å². The Morgan fingerprint density at radius 2 is 1.81 bits per heavy atom. The number of ketones is 1. The molecule has 1 aliphatic rings. The Hall–Kier alpha value is -2.05. The molecule has 2 aromatic carbocycles. The first-order valence-electron chi connectivity index (χ1n) is 9.20. The Balaban J connectivity index is 1.66. The van der Waals surface area contributed by atoms with Crippen LogP contribution in [0.1, 0.15) is 27.5 Å². The van der Waals surface area contributed by atoms with Gasteiger partial charge in [-0.1, -0.05) is 54.6 Å². The van der Waals surface area contributed by atoms with Gasteiger partial charge in [-0.25, -0.2) is 5.43 Å². The van der Waals surface area contributed by atoms with Crippen molar-refractivity contribution < 1.29 is 4.79 Å². The number of rotatable bonds is 8. The average molecular weight is 352 g/mol. The molecule has 5 heteroatoms. The Morgan fingerprint density at radius 1 is 1.12 bits per heavy atom. The molecule has 5 nitrogen and oxygen atoms in total. The van der Waals surface area contributed by atoms with E-state index in [-0.39, 0.29) is 11.8 Å². The Kier molecular flexibility index (Phi) is 6.52. The van der Waals surface area contributed by atoms with E-state index in [1.165, 1.54) is 5.56 Å². The average Bonchev–Trinajstić information content (AvgIpc) is 3.14. The summed E-state index contributed by atoms with van der Waals surface area (Å²) in [6.07, 6.45) is 0. The largest absolute Gasteiger partial charge is 0.318 e. The summed E-state index contributed by atoms with van der Waals surface area (Å²) in [6.45, 7) is 3.99. The molecular formula is C21H28N4O. The van der Waals surface area contributed by atoms with Crippen LogP contribution in [0.15, 0.2) is 54.6 Å². The van der Waals surface area contributed by atoms with Gasteiger partial charge in [0.15, 0.2) is 5.78 Å². The van der Waals surface area contributed by atoms with Crippen LogP contribution in [-0.2, 0) is 0 Å². The van der Waals surface area contributed by atoms with Crippen LogP contribution < -0.4 is 16.2 Å². The van der Waals surface area contributed by atoms with E-state index in [9.17, 15) is 4.79 Å². The van der Waals surface area contributed by atoms with Crippen LogP contribution in [-0.4, -0.2) is 51.0 Å². The highest BCUT2D eigenvalue weighted by Crippen LogP contribution is 2.26. The molecule has 1 heterocycles. The highest BCUT2D eigenvalue weighted by molar-refractivity contribution is 6.08. The highest BCUT2D eigenvalue weighted by Gasteiger charge is 2.29. The van der Waals surface area contributed by atoms with E-state index in [1.807, 2.05) is 49.5 Å². The van der Waals surface area contributed by atoms with Crippen LogP contribution in [0.3, 0.4) is 0 Å². The zero-order valence-corrected chi connectivity index (χ0v) is 15.5. The van der Waals surface area contributed by atoms with Crippen molar-refractivity contribution >= 4 is 5.78 Å². The monoisotopic (exact) mass is 352 g/mol. The van der Waals surface area contributed by atoms with Crippen LogP contribution in [0.2, 0.25) is 0 Å². The molecule has 1 aliphatic heterocycles. The van der Waals surface area contributed by atoms with E-state index in [0.29, 0.717) is 5.92 Å². The summed E-state index contributed by atoms with van der Waals surface area (Å²) >= 11 is 0. The normalized spacial score (nSPS) is 19.8. The molecular weight excluding hydrogens is 324 g/mol. The van der Waals surface area contributed by atoms with Gasteiger partial charge >= 0.3 is 0 Å². The van der Waals surface area contributed by atoms with Crippen LogP contribution in [0.25, 0.3) is 0 Å². The van der Waals surface area contributed by atoms with E-state index in [0.717, 1.165) is 37.3 Å². The van der Waals surface area contributed by atoms with Crippen LogP contribution >= 0.6 is 0 Å². The van der Waals surface area contributed by atoms with Crippen LogP contribution in [0.4, 0.5) is 0 Å². The predicted molar refractivity (Wildman–Crippen MR) is 105 cm³/mol. The quantitative estimate of drug-likeness (QED) is 0.633. The first-order valence-corrected chi connectivity index (χ1v) is 9.20. The maximum atomic E-state index is 12.5. The number of nitrogens with zero attached hydrogens (tertiary/aromatic N) is 1. The second-order valence-corrected chi connectivity index (χ2v) is 6.95. The molecule has 0 bridgehead atoms. The topological polar surface area (TPSA) is 56.4 Å². The van der Waals surface area contributed by atoms with Gasteiger partial charge in [-0.05, 0) is 19.7 Å². The maximum absolute atomic E-state index is 12.5. The summed E-state index contributed by atoms with van der Waals surface area (Å²) in [6, 6.07) is 17.7. The molecule has 3 rings (SSSR count). The molecule has 0 saturated carbocycles. The summed E-state index contributed by atoms with van der Waals surface area (Å²) in [5.41, 5.74) is 9.35. The third-order valence-electron chi connectivity index (χ3n) is 4.95. The first-order chi connectivity index (χ1) is 12.7. The van der Waals surface area contributed by atoms with Gasteiger partial charge in [-0.2, -0.15) is 0 Å². The molecule has 0 aromatic heterocycles. The fourth-order valence-electron chi connectivity index (χ4n) is 3.45. The molecule has 26 heavy (non-hydrogen) atoms. The third-order valence-corrected chi connectivity index (χ3v) is 4.95. The predicted octanol–water partition coefficient (Wildman–Crippen LogP) is 1.83. The molecule has 0 spiro atoms. The summed E-state index contributed by atoms with van der Waals surface area (Å²) in [4.78, 5) is 14.9. The molecule has 2 aromatic rings. The van der Waals surface area contributed by atoms with E-state index < -0.39 is 0 Å². The number of benzene rings is 2. The van der Waals surface area contributed by atoms with Crippen molar-refractivity contribution in [3.8, 4) is 0 Å². The van der Waals surface area contributed by atoms with Gasteiger partial charge < -0.3 is 10.2 Å². The zero-order chi connectivity index (χ0) is 18.4. The van der Waals surface area contributed by atoms with Crippen molar-refractivity contribution in [1.82, 2.24) is 21.1 Å². The van der Waals surface area contributed by atoms with Gasteiger partial charge in [-0.15, -0.1) is 0 Å².